The minimum absolute atomic E-state index is 0.110. The lowest BCUT2D eigenvalue weighted by atomic mass is 10.1. The number of carbonyl (C=O) groups excluding carboxylic acids is 1. The van der Waals surface area contributed by atoms with Gasteiger partial charge < -0.3 is 19.1 Å². The Morgan fingerprint density at radius 3 is 2.59 bits per heavy atom. The number of hydrogen-bond acceptors (Lipinski definition) is 4. The smallest absolute Gasteiger partial charge is 0.323 e. The normalized spacial score (nSPS) is 12.9. The molecule has 1 heterocycles. The lowest BCUT2D eigenvalue weighted by Crippen LogP contribution is -2.08. The highest BCUT2D eigenvalue weighted by atomic mass is 16.5. The van der Waals surface area contributed by atoms with E-state index >= 15 is 0 Å². The van der Waals surface area contributed by atoms with Crippen LogP contribution in [0, 0.1) is 0 Å². The fourth-order valence-electron chi connectivity index (χ4n) is 4.45. The highest BCUT2D eigenvalue weighted by molar-refractivity contribution is 6.08. The molecule has 1 N–H and O–H groups in total. The number of ether oxygens (including phenoxy) is 2. The Hall–Kier alpha value is -3.80. The van der Waals surface area contributed by atoms with Crippen molar-refractivity contribution in [1.82, 2.24) is 4.57 Å². The van der Waals surface area contributed by atoms with Crippen LogP contribution in [0.4, 0.5) is 0 Å². The number of aryl methyl sites for hydroxylation is 1. The average molecular weight is 429 g/mol. The molecule has 32 heavy (non-hydrogen) atoms. The quantitative estimate of drug-likeness (QED) is 0.405. The van der Waals surface area contributed by atoms with Gasteiger partial charge in [0.15, 0.2) is 5.78 Å². The molecular weight excluding hydrogens is 406 g/mol. The van der Waals surface area contributed by atoms with Crippen LogP contribution in [0.3, 0.4) is 0 Å². The van der Waals surface area contributed by atoms with Gasteiger partial charge in [0.2, 0.25) is 0 Å². The number of carbonyl (C=O) groups is 2. The average Bonchev–Trinajstić information content (AvgIpc) is 3.32. The van der Waals surface area contributed by atoms with Crippen LogP contribution >= 0.6 is 0 Å². The van der Waals surface area contributed by atoms with Crippen molar-refractivity contribution in [2.45, 2.75) is 25.8 Å². The first-order valence-electron chi connectivity index (χ1n) is 10.8. The molecule has 0 atom stereocenters. The van der Waals surface area contributed by atoms with Gasteiger partial charge in [0, 0.05) is 35.2 Å². The van der Waals surface area contributed by atoms with Crippen molar-refractivity contribution in [3.05, 3.63) is 71.8 Å². The Morgan fingerprint density at radius 1 is 0.906 bits per heavy atom. The summed E-state index contributed by atoms with van der Waals surface area (Å²) in [6.45, 7) is 0.792. The van der Waals surface area contributed by atoms with Gasteiger partial charge >= 0.3 is 5.97 Å². The number of rotatable bonds is 8. The molecule has 0 saturated carbocycles. The highest BCUT2D eigenvalue weighted by Gasteiger charge is 2.23. The highest BCUT2D eigenvalue weighted by Crippen LogP contribution is 2.32. The van der Waals surface area contributed by atoms with E-state index in [1.165, 1.54) is 0 Å². The first kappa shape index (κ1) is 20.1. The van der Waals surface area contributed by atoms with Crippen LogP contribution in [-0.2, 0) is 17.8 Å². The number of para-hydroxylation sites is 1. The lowest BCUT2D eigenvalue weighted by molar-refractivity contribution is -0.137. The first-order chi connectivity index (χ1) is 15.6. The van der Waals surface area contributed by atoms with E-state index in [9.17, 15) is 14.7 Å². The molecule has 0 spiro atoms. The fraction of sp³-hybridized carbons (Fsp3) is 0.231. The molecule has 0 fully saturated rings. The van der Waals surface area contributed by atoms with Crippen LogP contribution in [0.1, 0.15) is 28.8 Å². The van der Waals surface area contributed by atoms with Gasteiger partial charge in [-0.15, -0.1) is 0 Å². The van der Waals surface area contributed by atoms with Gasteiger partial charge in [0.05, 0.1) is 24.3 Å². The third-order valence-corrected chi connectivity index (χ3v) is 5.87. The third kappa shape index (κ3) is 3.68. The number of aromatic nitrogens is 1. The zero-order chi connectivity index (χ0) is 22.1. The zero-order valence-corrected chi connectivity index (χ0v) is 17.5. The summed E-state index contributed by atoms with van der Waals surface area (Å²) >= 11 is 0. The summed E-state index contributed by atoms with van der Waals surface area (Å²) in [6, 6.07) is 19.3. The molecule has 3 aromatic carbocycles. The molecule has 162 valence electrons. The second-order valence-corrected chi connectivity index (χ2v) is 7.94. The number of ketones is 1. The SMILES string of the molecule is O=C(O)Cn1c2ccccc2c2ccc(OCCCOc3cccc4c3C(=O)CC4)cc21. The topological polar surface area (TPSA) is 77.8 Å². The van der Waals surface area contributed by atoms with Gasteiger partial charge in [-0.1, -0.05) is 30.3 Å². The molecule has 5 rings (SSSR count). The van der Waals surface area contributed by atoms with E-state index in [0.29, 0.717) is 37.6 Å². The molecule has 1 aliphatic carbocycles. The Labute approximate surface area is 185 Å². The van der Waals surface area contributed by atoms with Crippen molar-refractivity contribution in [2.75, 3.05) is 13.2 Å². The second-order valence-electron chi connectivity index (χ2n) is 7.94. The number of hydrogen-bond donors (Lipinski definition) is 1. The summed E-state index contributed by atoms with van der Waals surface area (Å²) in [5.41, 5.74) is 3.51. The summed E-state index contributed by atoms with van der Waals surface area (Å²) < 4.78 is 13.6. The van der Waals surface area contributed by atoms with Gasteiger partial charge in [0.25, 0.3) is 0 Å². The van der Waals surface area contributed by atoms with Crippen LogP contribution in [-0.4, -0.2) is 34.6 Å². The van der Waals surface area contributed by atoms with Crippen molar-refractivity contribution in [2.24, 2.45) is 0 Å². The van der Waals surface area contributed by atoms with Gasteiger partial charge in [-0.25, -0.2) is 0 Å². The standard InChI is InChI=1S/C26H23NO5/c28-23-12-9-17-5-3-8-24(26(17)23)32-14-4-13-31-18-10-11-20-19-6-1-2-7-21(19)27(16-25(29)30)22(20)15-18/h1-3,5-8,10-11,15H,4,9,12-14,16H2,(H,29,30). The van der Waals surface area contributed by atoms with E-state index in [1.807, 2.05) is 60.7 Å². The molecule has 1 aliphatic rings. The van der Waals surface area contributed by atoms with Crippen molar-refractivity contribution in [1.29, 1.82) is 0 Å². The number of fused-ring (bicyclic) bond motifs is 4. The minimum Gasteiger partial charge on any atom is -0.493 e. The molecule has 0 amide bonds. The second kappa shape index (κ2) is 8.38. The predicted molar refractivity (Wildman–Crippen MR) is 122 cm³/mol. The zero-order valence-electron chi connectivity index (χ0n) is 17.5. The van der Waals surface area contributed by atoms with E-state index in [0.717, 1.165) is 39.4 Å². The lowest BCUT2D eigenvalue weighted by Gasteiger charge is -2.11. The molecular formula is C26H23NO5. The van der Waals surface area contributed by atoms with Crippen LogP contribution < -0.4 is 9.47 Å². The molecule has 6 heteroatoms. The maximum Gasteiger partial charge on any atom is 0.323 e. The van der Waals surface area contributed by atoms with Crippen molar-refractivity contribution < 1.29 is 24.2 Å². The van der Waals surface area contributed by atoms with Gasteiger partial charge in [0.1, 0.15) is 18.0 Å². The van der Waals surface area contributed by atoms with E-state index in [1.54, 1.807) is 4.57 Å². The van der Waals surface area contributed by atoms with Gasteiger partial charge in [-0.2, -0.15) is 0 Å². The maximum absolute atomic E-state index is 12.1. The Kier molecular flexibility index (Phi) is 5.27. The molecule has 0 aliphatic heterocycles. The maximum atomic E-state index is 12.1. The van der Waals surface area contributed by atoms with E-state index < -0.39 is 5.97 Å². The predicted octanol–water partition coefficient (Wildman–Crippen LogP) is 4.86. The van der Waals surface area contributed by atoms with E-state index in [2.05, 4.69) is 0 Å². The number of benzene rings is 3. The van der Waals surface area contributed by atoms with E-state index in [4.69, 9.17) is 9.47 Å². The van der Waals surface area contributed by atoms with Gasteiger partial charge in [-0.3, -0.25) is 9.59 Å². The molecule has 0 bridgehead atoms. The fourth-order valence-corrected chi connectivity index (χ4v) is 4.45. The number of aliphatic carboxylic acids is 1. The number of Topliss-reactive ketones (excluding diaryl/α,β-unsaturated/α-hetero) is 1. The Morgan fingerprint density at radius 2 is 1.72 bits per heavy atom. The Bertz CT molecular complexity index is 1340. The molecule has 0 saturated heterocycles. The van der Waals surface area contributed by atoms with Crippen LogP contribution in [0.2, 0.25) is 0 Å². The summed E-state index contributed by atoms with van der Waals surface area (Å²) in [6.07, 6.45) is 2.00. The molecule has 0 unspecified atom stereocenters. The van der Waals surface area contributed by atoms with Crippen LogP contribution in [0.25, 0.3) is 21.8 Å². The number of carboxylic acid groups (broad SMARTS) is 1. The molecule has 0 radical (unpaired) electrons. The Balaban J connectivity index is 1.26. The van der Waals surface area contributed by atoms with Gasteiger partial charge in [-0.05, 0) is 36.2 Å². The first-order valence-corrected chi connectivity index (χ1v) is 10.8. The van der Waals surface area contributed by atoms with Crippen LogP contribution in [0.15, 0.2) is 60.7 Å². The van der Waals surface area contributed by atoms with E-state index in [-0.39, 0.29) is 12.3 Å². The summed E-state index contributed by atoms with van der Waals surface area (Å²) in [5.74, 6) is 0.603. The largest absolute Gasteiger partial charge is 0.493 e. The number of nitrogens with zero attached hydrogens (tertiary/aromatic N) is 1. The summed E-state index contributed by atoms with van der Waals surface area (Å²) in [5, 5.41) is 11.4. The monoisotopic (exact) mass is 429 g/mol. The molecule has 1 aromatic heterocycles. The number of carboxylic acids is 1. The van der Waals surface area contributed by atoms with Crippen molar-refractivity contribution >= 4 is 33.6 Å². The summed E-state index contributed by atoms with van der Waals surface area (Å²) in [7, 11) is 0. The molecule has 4 aromatic rings. The van der Waals surface area contributed by atoms with Crippen molar-refractivity contribution in [3.63, 3.8) is 0 Å². The summed E-state index contributed by atoms with van der Waals surface area (Å²) in [4.78, 5) is 23.5. The third-order valence-electron chi connectivity index (χ3n) is 5.87. The van der Waals surface area contributed by atoms with Crippen molar-refractivity contribution in [3.8, 4) is 11.5 Å². The minimum atomic E-state index is -0.887. The molecule has 6 nitrogen and oxygen atoms in total. The van der Waals surface area contributed by atoms with Crippen LogP contribution in [0.5, 0.6) is 11.5 Å².